The molecule has 88 valence electrons. The Bertz CT molecular complexity index is 520. The van der Waals surface area contributed by atoms with Crippen LogP contribution >= 0.6 is 11.8 Å². The fourth-order valence-electron chi connectivity index (χ4n) is 1.73. The number of rotatable bonds is 3. The van der Waals surface area contributed by atoms with Gasteiger partial charge in [0.2, 0.25) is 0 Å². The molecule has 0 aliphatic carbocycles. The maximum absolute atomic E-state index is 5.77. The molecule has 0 saturated heterocycles. The van der Waals surface area contributed by atoms with Gasteiger partial charge in [-0.2, -0.15) is 0 Å². The molecular weight excluding hydrogens is 226 g/mol. The lowest BCUT2D eigenvalue weighted by Gasteiger charge is -2.09. The second-order valence-electron chi connectivity index (χ2n) is 4.23. The van der Waals surface area contributed by atoms with Gasteiger partial charge >= 0.3 is 0 Å². The summed E-state index contributed by atoms with van der Waals surface area (Å²) in [6, 6.07) is 15.0. The predicted molar refractivity (Wildman–Crippen MR) is 74.4 cm³/mol. The Balaban J connectivity index is 2.32. The highest BCUT2D eigenvalue weighted by molar-refractivity contribution is 7.99. The molecule has 0 saturated carbocycles. The largest absolute Gasteiger partial charge is 0.326 e. The number of hydrogen-bond acceptors (Lipinski definition) is 2. The van der Waals surface area contributed by atoms with Crippen molar-refractivity contribution in [1.29, 1.82) is 0 Å². The Morgan fingerprint density at radius 2 is 1.76 bits per heavy atom. The smallest absolute Gasteiger partial charge is 0.0189 e. The van der Waals surface area contributed by atoms with Gasteiger partial charge in [-0.15, -0.1) is 0 Å². The third-order valence-electron chi connectivity index (χ3n) is 2.66. The van der Waals surface area contributed by atoms with Crippen LogP contribution in [0.4, 0.5) is 0 Å². The fourth-order valence-corrected chi connectivity index (χ4v) is 2.90. The van der Waals surface area contributed by atoms with E-state index < -0.39 is 0 Å². The third-order valence-corrected chi connectivity index (χ3v) is 3.75. The molecule has 2 aromatic carbocycles. The molecule has 0 amide bonds. The molecule has 0 aliphatic heterocycles. The SMILES string of the molecule is Cc1cccc(Sc2cc(C)ccc2CN)c1. The van der Waals surface area contributed by atoms with E-state index in [2.05, 4.69) is 56.3 Å². The molecule has 0 aromatic heterocycles. The van der Waals surface area contributed by atoms with E-state index in [4.69, 9.17) is 5.73 Å². The summed E-state index contributed by atoms with van der Waals surface area (Å²) in [5.74, 6) is 0. The summed E-state index contributed by atoms with van der Waals surface area (Å²) < 4.78 is 0. The van der Waals surface area contributed by atoms with Crippen LogP contribution in [0.1, 0.15) is 16.7 Å². The van der Waals surface area contributed by atoms with Gasteiger partial charge in [0.25, 0.3) is 0 Å². The van der Waals surface area contributed by atoms with Gasteiger partial charge in [-0.3, -0.25) is 0 Å². The number of hydrogen-bond donors (Lipinski definition) is 1. The van der Waals surface area contributed by atoms with Gasteiger partial charge in [0, 0.05) is 16.3 Å². The molecule has 2 rings (SSSR count). The molecule has 2 N–H and O–H groups in total. The normalized spacial score (nSPS) is 10.5. The van der Waals surface area contributed by atoms with E-state index >= 15 is 0 Å². The molecule has 0 heterocycles. The lowest BCUT2D eigenvalue weighted by Crippen LogP contribution is -1.98. The minimum Gasteiger partial charge on any atom is -0.326 e. The van der Waals surface area contributed by atoms with Crippen molar-refractivity contribution < 1.29 is 0 Å². The minimum atomic E-state index is 0.592. The molecule has 2 aromatic rings. The van der Waals surface area contributed by atoms with E-state index in [1.54, 1.807) is 11.8 Å². The quantitative estimate of drug-likeness (QED) is 0.884. The highest BCUT2D eigenvalue weighted by atomic mass is 32.2. The second-order valence-corrected chi connectivity index (χ2v) is 5.35. The van der Waals surface area contributed by atoms with Crippen LogP contribution in [0.2, 0.25) is 0 Å². The molecule has 0 bridgehead atoms. The van der Waals surface area contributed by atoms with Crippen molar-refractivity contribution in [1.82, 2.24) is 0 Å². The number of nitrogens with two attached hydrogens (primary N) is 1. The lowest BCUT2D eigenvalue weighted by molar-refractivity contribution is 1.02. The van der Waals surface area contributed by atoms with Crippen molar-refractivity contribution in [2.75, 3.05) is 0 Å². The Morgan fingerprint density at radius 1 is 1.00 bits per heavy atom. The van der Waals surface area contributed by atoms with Gasteiger partial charge in [0.15, 0.2) is 0 Å². The maximum atomic E-state index is 5.77. The fraction of sp³-hybridized carbons (Fsp3) is 0.200. The zero-order chi connectivity index (χ0) is 12.3. The Morgan fingerprint density at radius 3 is 2.47 bits per heavy atom. The van der Waals surface area contributed by atoms with E-state index in [1.165, 1.54) is 26.5 Å². The molecule has 0 spiro atoms. The van der Waals surface area contributed by atoms with Crippen molar-refractivity contribution >= 4 is 11.8 Å². The summed E-state index contributed by atoms with van der Waals surface area (Å²) in [7, 11) is 0. The van der Waals surface area contributed by atoms with Crippen LogP contribution < -0.4 is 5.73 Å². The van der Waals surface area contributed by atoms with Gasteiger partial charge in [-0.05, 0) is 43.2 Å². The van der Waals surface area contributed by atoms with E-state index in [1.807, 2.05) is 0 Å². The van der Waals surface area contributed by atoms with Gasteiger partial charge in [-0.1, -0.05) is 41.6 Å². The van der Waals surface area contributed by atoms with Crippen LogP contribution in [0.25, 0.3) is 0 Å². The molecule has 0 unspecified atom stereocenters. The average molecular weight is 243 g/mol. The average Bonchev–Trinajstić information content (AvgIpc) is 2.29. The lowest BCUT2D eigenvalue weighted by atomic mass is 10.1. The zero-order valence-electron chi connectivity index (χ0n) is 10.2. The summed E-state index contributed by atoms with van der Waals surface area (Å²) in [5, 5.41) is 0. The highest BCUT2D eigenvalue weighted by Crippen LogP contribution is 2.31. The van der Waals surface area contributed by atoms with Crippen LogP contribution in [0.15, 0.2) is 52.3 Å². The van der Waals surface area contributed by atoms with Gasteiger partial charge in [0.05, 0.1) is 0 Å². The molecule has 1 nitrogen and oxygen atoms in total. The zero-order valence-corrected chi connectivity index (χ0v) is 11.1. The first-order valence-corrected chi connectivity index (χ1v) is 6.55. The summed E-state index contributed by atoms with van der Waals surface area (Å²) in [6.07, 6.45) is 0. The molecule has 2 heteroatoms. The monoisotopic (exact) mass is 243 g/mol. The molecular formula is C15H17NS. The summed E-state index contributed by atoms with van der Waals surface area (Å²) in [4.78, 5) is 2.53. The van der Waals surface area contributed by atoms with Crippen LogP contribution in [0.5, 0.6) is 0 Å². The van der Waals surface area contributed by atoms with E-state index in [-0.39, 0.29) is 0 Å². The van der Waals surface area contributed by atoms with Crippen LogP contribution in [-0.4, -0.2) is 0 Å². The summed E-state index contributed by atoms with van der Waals surface area (Å²) in [5.41, 5.74) is 9.55. The Labute approximate surface area is 107 Å². The first-order valence-electron chi connectivity index (χ1n) is 5.73. The van der Waals surface area contributed by atoms with E-state index in [9.17, 15) is 0 Å². The van der Waals surface area contributed by atoms with Crippen LogP contribution in [0.3, 0.4) is 0 Å². The molecule has 17 heavy (non-hydrogen) atoms. The first kappa shape index (κ1) is 12.2. The Hall–Kier alpha value is -1.25. The minimum absolute atomic E-state index is 0.592. The van der Waals surface area contributed by atoms with Gasteiger partial charge < -0.3 is 5.73 Å². The van der Waals surface area contributed by atoms with Crippen molar-refractivity contribution in [3.63, 3.8) is 0 Å². The van der Waals surface area contributed by atoms with Crippen molar-refractivity contribution in [2.45, 2.75) is 30.2 Å². The Kier molecular flexibility index (Phi) is 3.87. The number of aryl methyl sites for hydroxylation is 2. The maximum Gasteiger partial charge on any atom is 0.0189 e. The van der Waals surface area contributed by atoms with Crippen LogP contribution in [0, 0.1) is 13.8 Å². The molecule has 0 atom stereocenters. The van der Waals surface area contributed by atoms with Crippen LogP contribution in [-0.2, 0) is 6.54 Å². The summed E-state index contributed by atoms with van der Waals surface area (Å²) in [6.45, 7) is 4.82. The first-order chi connectivity index (χ1) is 8.19. The van der Waals surface area contributed by atoms with Crippen molar-refractivity contribution in [3.05, 3.63) is 59.2 Å². The van der Waals surface area contributed by atoms with Crippen molar-refractivity contribution in [2.24, 2.45) is 5.73 Å². The molecule has 0 aliphatic rings. The van der Waals surface area contributed by atoms with E-state index in [0.29, 0.717) is 6.54 Å². The topological polar surface area (TPSA) is 26.0 Å². The molecule has 0 radical (unpaired) electrons. The predicted octanol–water partition coefficient (Wildman–Crippen LogP) is 3.91. The molecule has 0 fully saturated rings. The van der Waals surface area contributed by atoms with Crippen molar-refractivity contribution in [3.8, 4) is 0 Å². The third kappa shape index (κ3) is 3.11. The standard InChI is InChI=1S/C15H17NS/c1-11-4-3-5-14(8-11)17-15-9-12(2)6-7-13(15)10-16/h3-9H,10,16H2,1-2H3. The van der Waals surface area contributed by atoms with E-state index in [0.717, 1.165) is 0 Å². The second kappa shape index (κ2) is 5.39. The highest BCUT2D eigenvalue weighted by Gasteiger charge is 2.03. The number of benzene rings is 2. The van der Waals surface area contributed by atoms with Gasteiger partial charge in [0.1, 0.15) is 0 Å². The summed E-state index contributed by atoms with van der Waals surface area (Å²) >= 11 is 1.79. The van der Waals surface area contributed by atoms with Gasteiger partial charge in [-0.25, -0.2) is 0 Å².